The molecule has 0 fully saturated rings. The molecule has 0 saturated heterocycles. The molecule has 2 rings (SSSR count). The molecule has 4 heteroatoms. The SMILES string of the molecule is CNC(=O)c1oc2cc(Br)ccc2c1C. The molecule has 0 unspecified atom stereocenters. The Morgan fingerprint density at radius 1 is 1.47 bits per heavy atom. The first-order chi connectivity index (χ1) is 7.13. The van der Waals surface area contributed by atoms with Gasteiger partial charge in [-0.25, -0.2) is 0 Å². The van der Waals surface area contributed by atoms with E-state index in [1.165, 1.54) is 0 Å². The van der Waals surface area contributed by atoms with Crippen molar-refractivity contribution in [1.82, 2.24) is 5.32 Å². The standard InChI is InChI=1S/C11H10BrNO2/c1-6-8-4-3-7(12)5-9(8)15-10(6)11(14)13-2/h3-5H,1-2H3,(H,13,14). The zero-order valence-corrected chi connectivity index (χ0v) is 10.0. The molecule has 2 aromatic rings. The molecule has 78 valence electrons. The third-order valence-corrected chi connectivity index (χ3v) is 2.83. The highest BCUT2D eigenvalue weighted by Crippen LogP contribution is 2.27. The molecule has 0 radical (unpaired) electrons. The van der Waals surface area contributed by atoms with E-state index < -0.39 is 0 Å². The van der Waals surface area contributed by atoms with Gasteiger partial charge in [-0.05, 0) is 25.1 Å². The lowest BCUT2D eigenvalue weighted by atomic mass is 10.1. The summed E-state index contributed by atoms with van der Waals surface area (Å²) in [6.07, 6.45) is 0. The summed E-state index contributed by atoms with van der Waals surface area (Å²) in [4.78, 5) is 11.5. The molecule has 1 aromatic heterocycles. The summed E-state index contributed by atoms with van der Waals surface area (Å²) < 4.78 is 6.43. The minimum Gasteiger partial charge on any atom is -0.451 e. The number of aryl methyl sites for hydroxylation is 1. The van der Waals surface area contributed by atoms with Crippen LogP contribution in [0, 0.1) is 6.92 Å². The summed E-state index contributed by atoms with van der Waals surface area (Å²) in [6, 6.07) is 5.72. The number of carbonyl (C=O) groups excluding carboxylic acids is 1. The van der Waals surface area contributed by atoms with Crippen molar-refractivity contribution in [1.29, 1.82) is 0 Å². The fraction of sp³-hybridized carbons (Fsp3) is 0.182. The van der Waals surface area contributed by atoms with Crippen LogP contribution in [-0.2, 0) is 0 Å². The lowest BCUT2D eigenvalue weighted by molar-refractivity contribution is 0.0937. The lowest BCUT2D eigenvalue weighted by Crippen LogP contribution is -2.17. The highest BCUT2D eigenvalue weighted by molar-refractivity contribution is 9.10. The van der Waals surface area contributed by atoms with Crippen LogP contribution < -0.4 is 5.32 Å². The van der Waals surface area contributed by atoms with E-state index in [4.69, 9.17) is 4.42 Å². The van der Waals surface area contributed by atoms with Crippen LogP contribution >= 0.6 is 15.9 Å². The van der Waals surface area contributed by atoms with Gasteiger partial charge in [-0.15, -0.1) is 0 Å². The van der Waals surface area contributed by atoms with Crippen LogP contribution in [0.4, 0.5) is 0 Å². The molecule has 0 bridgehead atoms. The van der Waals surface area contributed by atoms with E-state index in [9.17, 15) is 4.79 Å². The monoisotopic (exact) mass is 267 g/mol. The third-order valence-electron chi connectivity index (χ3n) is 2.33. The first-order valence-corrected chi connectivity index (χ1v) is 5.33. The highest BCUT2D eigenvalue weighted by atomic mass is 79.9. The fourth-order valence-electron chi connectivity index (χ4n) is 1.53. The minimum atomic E-state index is -0.195. The van der Waals surface area contributed by atoms with E-state index >= 15 is 0 Å². The minimum absolute atomic E-state index is 0.195. The Kier molecular flexibility index (Phi) is 2.52. The van der Waals surface area contributed by atoms with Gasteiger partial charge in [0.2, 0.25) is 0 Å². The van der Waals surface area contributed by atoms with Crippen LogP contribution in [0.1, 0.15) is 16.1 Å². The molecule has 0 aliphatic heterocycles. The number of hydrogen-bond acceptors (Lipinski definition) is 2. The van der Waals surface area contributed by atoms with E-state index in [2.05, 4.69) is 21.2 Å². The van der Waals surface area contributed by atoms with Gasteiger partial charge in [0.05, 0.1) is 0 Å². The van der Waals surface area contributed by atoms with Gasteiger partial charge < -0.3 is 9.73 Å². The largest absolute Gasteiger partial charge is 0.451 e. The number of benzene rings is 1. The topological polar surface area (TPSA) is 42.2 Å². The van der Waals surface area contributed by atoms with Gasteiger partial charge in [0, 0.05) is 22.5 Å². The van der Waals surface area contributed by atoms with E-state index in [-0.39, 0.29) is 5.91 Å². The molecule has 0 aliphatic rings. The van der Waals surface area contributed by atoms with E-state index in [1.54, 1.807) is 7.05 Å². The van der Waals surface area contributed by atoms with Gasteiger partial charge in [-0.2, -0.15) is 0 Å². The third kappa shape index (κ3) is 1.65. The summed E-state index contributed by atoms with van der Waals surface area (Å²) in [7, 11) is 1.59. The Hall–Kier alpha value is -1.29. The van der Waals surface area contributed by atoms with Gasteiger partial charge in [-0.3, -0.25) is 4.79 Å². The van der Waals surface area contributed by atoms with Gasteiger partial charge in [0.25, 0.3) is 5.91 Å². The predicted octanol–water partition coefficient (Wildman–Crippen LogP) is 2.86. The quantitative estimate of drug-likeness (QED) is 0.864. The molecule has 15 heavy (non-hydrogen) atoms. The highest BCUT2D eigenvalue weighted by Gasteiger charge is 2.15. The van der Waals surface area contributed by atoms with Crippen molar-refractivity contribution in [3.05, 3.63) is 34.0 Å². The first kappa shape index (κ1) is 10.2. The van der Waals surface area contributed by atoms with Crippen LogP contribution in [0.2, 0.25) is 0 Å². The molecule has 3 nitrogen and oxygen atoms in total. The summed E-state index contributed by atoms with van der Waals surface area (Å²) >= 11 is 3.36. The maximum Gasteiger partial charge on any atom is 0.287 e. The number of rotatable bonds is 1. The van der Waals surface area contributed by atoms with Crippen molar-refractivity contribution in [2.75, 3.05) is 7.05 Å². The molecular formula is C11H10BrNO2. The molecular weight excluding hydrogens is 258 g/mol. The zero-order chi connectivity index (χ0) is 11.0. The number of fused-ring (bicyclic) bond motifs is 1. The van der Waals surface area contributed by atoms with Crippen molar-refractivity contribution in [3.63, 3.8) is 0 Å². The van der Waals surface area contributed by atoms with Crippen molar-refractivity contribution >= 4 is 32.8 Å². The second-order valence-corrected chi connectivity index (χ2v) is 4.19. The van der Waals surface area contributed by atoms with Crippen molar-refractivity contribution in [3.8, 4) is 0 Å². The van der Waals surface area contributed by atoms with Gasteiger partial charge >= 0.3 is 0 Å². The van der Waals surface area contributed by atoms with Gasteiger partial charge in [0.1, 0.15) is 5.58 Å². The van der Waals surface area contributed by atoms with Crippen LogP contribution in [0.3, 0.4) is 0 Å². The summed E-state index contributed by atoms with van der Waals surface area (Å²) in [5.74, 6) is 0.186. The van der Waals surface area contributed by atoms with E-state index in [1.807, 2.05) is 25.1 Å². The average molecular weight is 268 g/mol. The van der Waals surface area contributed by atoms with Crippen LogP contribution in [0.5, 0.6) is 0 Å². The van der Waals surface area contributed by atoms with Crippen LogP contribution in [0.25, 0.3) is 11.0 Å². The molecule has 1 aromatic carbocycles. The van der Waals surface area contributed by atoms with Gasteiger partial charge in [-0.1, -0.05) is 15.9 Å². The van der Waals surface area contributed by atoms with E-state index in [0.717, 1.165) is 21.0 Å². The molecule has 0 aliphatic carbocycles. The van der Waals surface area contributed by atoms with Gasteiger partial charge in [0.15, 0.2) is 5.76 Å². The second-order valence-electron chi connectivity index (χ2n) is 3.28. The molecule has 0 spiro atoms. The Bertz CT molecular complexity index is 531. The Balaban J connectivity index is 2.69. The predicted molar refractivity (Wildman–Crippen MR) is 62.0 cm³/mol. The maximum atomic E-state index is 11.5. The van der Waals surface area contributed by atoms with Crippen LogP contribution in [0.15, 0.2) is 27.1 Å². The molecule has 1 amide bonds. The van der Waals surface area contributed by atoms with Crippen LogP contribution in [-0.4, -0.2) is 13.0 Å². The molecule has 0 atom stereocenters. The second kappa shape index (κ2) is 3.70. The summed E-state index contributed by atoms with van der Waals surface area (Å²) in [6.45, 7) is 1.88. The number of amides is 1. The molecule has 1 heterocycles. The summed E-state index contributed by atoms with van der Waals surface area (Å²) in [5.41, 5.74) is 1.59. The number of hydrogen-bond donors (Lipinski definition) is 1. The molecule has 0 saturated carbocycles. The number of halogens is 1. The Morgan fingerprint density at radius 2 is 2.20 bits per heavy atom. The van der Waals surface area contributed by atoms with Crippen molar-refractivity contribution in [2.45, 2.75) is 6.92 Å². The number of carbonyl (C=O) groups is 1. The maximum absolute atomic E-state index is 11.5. The molecule has 1 N–H and O–H groups in total. The van der Waals surface area contributed by atoms with E-state index in [0.29, 0.717) is 5.76 Å². The smallest absolute Gasteiger partial charge is 0.287 e. The first-order valence-electron chi connectivity index (χ1n) is 4.54. The van der Waals surface area contributed by atoms with Crippen molar-refractivity contribution < 1.29 is 9.21 Å². The Morgan fingerprint density at radius 3 is 2.87 bits per heavy atom. The zero-order valence-electron chi connectivity index (χ0n) is 8.43. The number of furan rings is 1. The lowest BCUT2D eigenvalue weighted by Gasteiger charge is -1.94. The summed E-state index contributed by atoms with van der Waals surface area (Å²) in [5, 5.41) is 3.52. The average Bonchev–Trinajstić information content (AvgIpc) is 2.54. The Labute approximate surface area is 95.6 Å². The normalized spacial score (nSPS) is 10.6. The fourth-order valence-corrected chi connectivity index (χ4v) is 1.87. The number of nitrogens with one attached hydrogen (secondary N) is 1. The van der Waals surface area contributed by atoms with Crippen molar-refractivity contribution in [2.24, 2.45) is 0 Å².